The first kappa shape index (κ1) is 30.0. The van der Waals surface area contributed by atoms with Crippen LogP contribution in [0, 0.1) is 20.2 Å². The van der Waals surface area contributed by atoms with Gasteiger partial charge in [0.05, 0.1) is 26.1 Å². The molecule has 0 amide bonds. The van der Waals surface area contributed by atoms with Gasteiger partial charge in [0.25, 0.3) is 16.9 Å². The number of nitro benzene ring substituents is 2. The van der Waals surface area contributed by atoms with Gasteiger partial charge in [-0.25, -0.2) is 4.99 Å². The summed E-state index contributed by atoms with van der Waals surface area (Å²) >= 11 is 1.20. The Morgan fingerprint density at radius 2 is 1.60 bits per heavy atom. The van der Waals surface area contributed by atoms with Crippen molar-refractivity contribution in [2.45, 2.75) is 23.8 Å². The molecular weight excluding hydrogens is 645 g/mol. The number of aromatic nitrogens is 1. The van der Waals surface area contributed by atoms with Gasteiger partial charge in [0.1, 0.15) is 10.6 Å². The summed E-state index contributed by atoms with van der Waals surface area (Å²) < 4.78 is 32.6. The number of aryl methyl sites for hydroxylation is 1. The van der Waals surface area contributed by atoms with E-state index in [1.807, 2.05) is 18.2 Å². The largest absolute Gasteiger partial charge is 0.379 e. The van der Waals surface area contributed by atoms with E-state index in [0.717, 1.165) is 53.1 Å². The molecule has 0 unspecified atom stereocenters. The summed E-state index contributed by atoms with van der Waals surface area (Å²) in [6.07, 6.45) is 3.05. The third kappa shape index (κ3) is 5.53. The van der Waals surface area contributed by atoms with Gasteiger partial charge in [-0.15, -0.1) is 0 Å². The number of nitrogens with zero attached hydrogens (tertiary/aromatic N) is 4. The number of hydrogen-bond acceptors (Lipinski definition) is 10. The molecule has 0 saturated carbocycles. The average Bonchev–Trinajstić information content (AvgIpc) is 3.38. The summed E-state index contributed by atoms with van der Waals surface area (Å²) in [4.78, 5) is 40.6. The van der Waals surface area contributed by atoms with Crippen LogP contribution in [-0.4, -0.2) is 22.8 Å². The molecule has 0 spiro atoms. The molecule has 47 heavy (non-hydrogen) atoms. The van der Waals surface area contributed by atoms with Gasteiger partial charge in [0.15, 0.2) is 4.80 Å². The maximum atomic E-state index is 14.0. The molecule has 0 saturated heterocycles. The van der Waals surface area contributed by atoms with E-state index in [-0.39, 0.29) is 27.6 Å². The van der Waals surface area contributed by atoms with Crippen molar-refractivity contribution in [3.05, 3.63) is 165 Å². The fourth-order valence-corrected chi connectivity index (χ4v) is 7.74. The van der Waals surface area contributed by atoms with Crippen LogP contribution in [0.2, 0.25) is 0 Å². The maximum Gasteiger partial charge on any atom is 0.339 e. The van der Waals surface area contributed by atoms with E-state index in [1.165, 1.54) is 35.6 Å². The lowest BCUT2D eigenvalue weighted by Gasteiger charge is -2.30. The Bertz CT molecular complexity index is 2430. The van der Waals surface area contributed by atoms with Crippen LogP contribution < -0.4 is 19.1 Å². The summed E-state index contributed by atoms with van der Waals surface area (Å²) in [6, 6.07) is 24.1. The van der Waals surface area contributed by atoms with Crippen molar-refractivity contribution in [1.82, 2.24) is 4.57 Å². The Labute approximate surface area is 270 Å². The van der Waals surface area contributed by atoms with Crippen LogP contribution in [0.5, 0.6) is 5.75 Å². The summed E-state index contributed by atoms with van der Waals surface area (Å²) in [5.41, 5.74) is 4.38. The van der Waals surface area contributed by atoms with E-state index < -0.39 is 26.0 Å². The van der Waals surface area contributed by atoms with Crippen LogP contribution in [0.15, 0.2) is 117 Å². The highest BCUT2D eigenvalue weighted by Crippen LogP contribution is 2.41. The quantitative estimate of drug-likeness (QED) is 0.134. The maximum absolute atomic E-state index is 14.0. The van der Waals surface area contributed by atoms with Gasteiger partial charge in [-0.05, 0) is 65.4 Å². The first-order valence-electron chi connectivity index (χ1n) is 14.3. The molecule has 2 aliphatic rings. The molecular formula is C33H22N4O8S2. The lowest BCUT2D eigenvalue weighted by Crippen LogP contribution is -2.38. The predicted molar refractivity (Wildman–Crippen MR) is 173 cm³/mol. The first-order valence-corrected chi connectivity index (χ1v) is 16.5. The van der Waals surface area contributed by atoms with E-state index in [4.69, 9.17) is 9.18 Å². The van der Waals surface area contributed by atoms with Crippen LogP contribution in [0.3, 0.4) is 0 Å². The monoisotopic (exact) mass is 666 g/mol. The van der Waals surface area contributed by atoms with Gasteiger partial charge in [-0.1, -0.05) is 59.9 Å². The average molecular weight is 667 g/mol. The van der Waals surface area contributed by atoms with Gasteiger partial charge < -0.3 is 4.18 Å². The minimum absolute atomic E-state index is 0.0129. The predicted octanol–water partition coefficient (Wildman–Crippen LogP) is 4.90. The zero-order chi connectivity index (χ0) is 32.9. The molecule has 2 heterocycles. The first-order chi connectivity index (χ1) is 22.6. The van der Waals surface area contributed by atoms with Crippen molar-refractivity contribution in [3.8, 4) is 5.75 Å². The number of non-ortho nitro benzene ring substituents is 2. The van der Waals surface area contributed by atoms with E-state index in [9.17, 15) is 33.4 Å². The van der Waals surface area contributed by atoms with Gasteiger partial charge >= 0.3 is 10.1 Å². The van der Waals surface area contributed by atoms with Crippen molar-refractivity contribution in [2.75, 3.05) is 0 Å². The summed E-state index contributed by atoms with van der Waals surface area (Å²) in [7, 11) is -4.25. The molecule has 0 fully saturated rings. The van der Waals surface area contributed by atoms with Crippen molar-refractivity contribution in [3.63, 3.8) is 0 Å². The Hall–Kier alpha value is -5.73. The molecule has 1 aliphatic heterocycles. The van der Waals surface area contributed by atoms with Crippen LogP contribution in [-0.2, 0) is 16.5 Å². The lowest BCUT2D eigenvalue weighted by molar-refractivity contribution is -0.385. The Morgan fingerprint density at radius 3 is 2.32 bits per heavy atom. The van der Waals surface area contributed by atoms with Crippen molar-refractivity contribution >= 4 is 44.6 Å². The molecule has 12 nitrogen and oxygen atoms in total. The summed E-state index contributed by atoms with van der Waals surface area (Å²) in [5, 5.41) is 22.5. The minimum Gasteiger partial charge on any atom is -0.379 e. The van der Waals surface area contributed by atoms with Crippen molar-refractivity contribution < 1.29 is 22.4 Å². The van der Waals surface area contributed by atoms with Crippen LogP contribution in [0.25, 0.3) is 11.8 Å². The molecule has 5 aromatic rings. The van der Waals surface area contributed by atoms with Crippen LogP contribution >= 0.6 is 11.3 Å². The fourth-order valence-electron chi connectivity index (χ4n) is 5.81. The smallest absolute Gasteiger partial charge is 0.339 e. The molecule has 0 bridgehead atoms. The normalized spacial score (nSPS) is 15.7. The third-order valence-corrected chi connectivity index (χ3v) is 10.2. The van der Waals surface area contributed by atoms with Crippen LogP contribution in [0.4, 0.5) is 11.4 Å². The molecule has 234 valence electrons. The van der Waals surface area contributed by atoms with E-state index >= 15 is 0 Å². The number of hydrogen-bond donors (Lipinski definition) is 0. The highest BCUT2D eigenvalue weighted by Gasteiger charge is 2.33. The highest BCUT2D eigenvalue weighted by molar-refractivity contribution is 7.87. The van der Waals surface area contributed by atoms with Crippen molar-refractivity contribution in [2.24, 2.45) is 4.99 Å². The summed E-state index contributed by atoms with van der Waals surface area (Å²) in [5.74, 6) is 0.0129. The molecule has 1 atom stereocenters. The third-order valence-electron chi connectivity index (χ3n) is 7.99. The van der Waals surface area contributed by atoms with Gasteiger partial charge in [-0.3, -0.25) is 29.6 Å². The van der Waals surface area contributed by atoms with Crippen LogP contribution in [0.1, 0.15) is 34.7 Å². The van der Waals surface area contributed by atoms with E-state index in [0.29, 0.717) is 26.9 Å². The Morgan fingerprint density at radius 1 is 0.872 bits per heavy atom. The topological polar surface area (TPSA) is 164 Å². The van der Waals surface area contributed by atoms with E-state index in [1.54, 1.807) is 34.9 Å². The molecule has 0 N–H and O–H groups in total. The second-order valence-electron chi connectivity index (χ2n) is 10.8. The number of allylic oxidation sites excluding steroid dienone is 1. The highest BCUT2D eigenvalue weighted by atomic mass is 32.2. The standard InChI is InChI=1S/C33H22N4O8S2/c38-32-29(18-20-8-13-25(14-9-20)45-47(43,44)26-15-11-23(12-16-26)36(39)40)46-33-34-30-27-7-2-1-4-21(27)10-17-28(30)31(35(32)33)22-5-3-6-24(19-22)37(41)42/h1-9,11-16,18-19,31H,10,17H2/b29-18+/t31-/m1/s1. The summed E-state index contributed by atoms with van der Waals surface area (Å²) in [6.45, 7) is 0. The second-order valence-corrected chi connectivity index (χ2v) is 13.4. The van der Waals surface area contributed by atoms with Gasteiger partial charge in [0.2, 0.25) is 0 Å². The Kier molecular flexibility index (Phi) is 7.37. The second kappa shape index (κ2) is 11.6. The molecule has 1 aliphatic carbocycles. The fraction of sp³-hybridized carbons (Fsp3) is 0.0909. The molecule has 4 aromatic carbocycles. The number of nitro groups is 2. The lowest BCUT2D eigenvalue weighted by atomic mass is 9.83. The molecule has 14 heteroatoms. The molecule has 0 radical (unpaired) electrons. The zero-order valence-corrected chi connectivity index (χ0v) is 25.8. The molecule has 1 aromatic heterocycles. The molecule has 7 rings (SSSR count). The minimum atomic E-state index is -4.25. The number of fused-ring (bicyclic) bond motifs is 3. The number of thiazole rings is 1. The van der Waals surface area contributed by atoms with Gasteiger partial charge in [-0.2, -0.15) is 8.42 Å². The van der Waals surface area contributed by atoms with Gasteiger partial charge in [0, 0.05) is 29.8 Å². The number of rotatable bonds is 7. The SMILES string of the molecule is O=c1/c(=C\c2ccc(OS(=O)(=O)c3ccc([N+](=O)[O-])cc3)cc2)sc2n1[C@H](c1cccc([N+](=O)[O-])c1)C1=C(N=2)c2ccccc2CC1. The zero-order valence-electron chi connectivity index (χ0n) is 24.2. The Balaban J connectivity index is 1.27. The van der Waals surface area contributed by atoms with E-state index in [2.05, 4.69) is 6.07 Å². The number of benzene rings is 4. The van der Waals surface area contributed by atoms with Crippen molar-refractivity contribution in [1.29, 1.82) is 0 Å².